The summed E-state index contributed by atoms with van der Waals surface area (Å²) >= 11 is 5.58. The molecule has 5 N–H and O–H groups in total. The van der Waals surface area contributed by atoms with Gasteiger partial charge in [0.2, 0.25) is 0 Å². The number of rotatable bonds is 8. The molecule has 2 amide bonds. The van der Waals surface area contributed by atoms with Crippen LogP contribution in [0.3, 0.4) is 0 Å². The Balaban J connectivity index is 0.000000181. The standard InChI is InChI=1S/C17H11ClN2O3.C17H12N2O4/c18-16(21)14-3-1-2-10-8-11(4-5-13(10)14)23-12-6-7-20-15(9-12)17(19)22;18-16(20)15-9-12(6-7-19-15)23-11-4-5-13-10(8-11)2-1-3-14(13)17(21)22/h1-9H,(H2,19,22);1-9H,(H2,18,20)(H,21,22). The van der Waals surface area contributed by atoms with E-state index in [4.69, 9.17) is 32.5 Å². The van der Waals surface area contributed by atoms with E-state index in [9.17, 15) is 24.3 Å². The third kappa shape index (κ3) is 7.24. The van der Waals surface area contributed by atoms with Crippen molar-refractivity contribution in [1.82, 2.24) is 9.97 Å². The van der Waals surface area contributed by atoms with E-state index in [1.54, 1.807) is 78.9 Å². The van der Waals surface area contributed by atoms with E-state index in [1.807, 2.05) is 6.07 Å². The second-order valence-corrected chi connectivity index (χ2v) is 9.99. The molecule has 228 valence electrons. The van der Waals surface area contributed by atoms with E-state index in [-0.39, 0.29) is 17.0 Å². The molecule has 0 radical (unpaired) electrons. The summed E-state index contributed by atoms with van der Waals surface area (Å²) in [6.07, 6.45) is 2.87. The Morgan fingerprint density at radius 2 is 1.02 bits per heavy atom. The van der Waals surface area contributed by atoms with Gasteiger partial charge < -0.3 is 26.0 Å². The van der Waals surface area contributed by atoms with Crippen LogP contribution in [0.1, 0.15) is 41.7 Å². The van der Waals surface area contributed by atoms with Gasteiger partial charge in [-0.15, -0.1) is 0 Å². The lowest BCUT2D eigenvalue weighted by Crippen LogP contribution is -2.12. The SMILES string of the molecule is NC(=O)c1cc(Oc2ccc3c(C(=O)Cl)cccc3c2)ccn1.NC(=O)c1cc(Oc2ccc3c(C(=O)O)cccc3c2)ccn1. The predicted molar refractivity (Wildman–Crippen MR) is 171 cm³/mol. The summed E-state index contributed by atoms with van der Waals surface area (Å²) in [4.78, 5) is 52.6. The van der Waals surface area contributed by atoms with Crippen molar-refractivity contribution in [2.75, 3.05) is 0 Å². The molecular formula is C34H23ClN4O7. The van der Waals surface area contributed by atoms with E-state index in [0.29, 0.717) is 33.9 Å². The molecule has 0 aliphatic rings. The van der Waals surface area contributed by atoms with Gasteiger partial charge >= 0.3 is 5.97 Å². The van der Waals surface area contributed by atoms with E-state index < -0.39 is 23.0 Å². The number of nitrogens with two attached hydrogens (primary N) is 2. The summed E-state index contributed by atoms with van der Waals surface area (Å²) in [6, 6.07) is 26.8. The Morgan fingerprint density at radius 1 is 0.587 bits per heavy atom. The molecule has 0 saturated carbocycles. The van der Waals surface area contributed by atoms with Crippen LogP contribution in [0.15, 0.2) is 109 Å². The van der Waals surface area contributed by atoms with Crippen molar-refractivity contribution >= 4 is 56.2 Å². The van der Waals surface area contributed by atoms with Crippen molar-refractivity contribution in [2.45, 2.75) is 0 Å². The molecule has 11 nitrogen and oxygen atoms in total. The number of carbonyl (C=O) groups excluding carboxylic acids is 3. The number of aromatic nitrogens is 2. The summed E-state index contributed by atoms with van der Waals surface area (Å²) < 4.78 is 11.4. The van der Waals surface area contributed by atoms with Crippen molar-refractivity contribution in [3.8, 4) is 23.0 Å². The number of carboxylic acids is 1. The summed E-state index contributed by atoms with van der Waals surface area (Å²) in [5.74, 6) is -0.316. The first-order valence-corrected chi connectivity index (χ1v) is 13.8. The molecule has 0 fully saturated rings. The number of hydrogen-bond acceptors (Lipinski definition) is 8. The number of carboxylic acid groups (broad SMARTS) is 1. The average molecular weight is 635 g/mol. The summed E-state index contributed by atoms with van der Waals surface area (Å²) in [7, 11) is 0. The molecule has 46 heavy (non-hydrogen) atoms. The summed E-state index contributed by atoms with van der Waals surface area (Å²) in [6.45, 7) is 0. The molecule has 6 rings (SSSR count). The molecule has 0 saturated heterocycles. The minimum absolute atomic E-state index is 0.108. The highest BCUT2D eigenvalue weighted by atomic mass is 35.5. The van der Waals surface area contributed by atoms with Crippen molar-refractivity contribution in [3.05, 3.63) is 132 Å². The molecule has 4 aromatic carbocycles. The minimum Gasteiger partial charge on any atom is -0.478 e. The smallest absolute Gasteiger partial charge is 0.336 e. The fourth-order valence-electron chi connectivity index (χ4n) is 4.50. The molecule has 2 heterocycles. The van der Waals surface area contributed by atoms with Crippen LogP contribution >= 0.6 is 11.6 Å². The fourth-order valence-corrected chi connectivity index (χ4v) is 4.66. The normalized spacial score (nSPS) is 10.5. The van der Waals surface area contributed by atoms with Crippen LogP contribution in [0.4, 0.5) is 0 Å². The predicted octanol–water partition coefficient (Wildman–Crippen LogP) is 6.33. The maximum absolute atomic E-state index is 11.4. The van der Waals surface area contributed by atoms with Gasteiger partial charge in [0, 0.05) is 30.1 Å². The van der Waals surface area contributed by atoms with Gasteiger partial charge in [-0.1, -0.05) is 24.3 Å². The number of hydrogen-bond donors (Lipinski definition) is 3. The highest BCUT2D eigenvalue weighted by Crippen LogP contribution is 2.29. The molecular weight excluding hydrogens is 612 g/mol. The lowest BCUT2D eigenvalue weighted by atomic mass is 10.0. The maximum atomic E-state index is 11.4. The number of benzene rings is 4. The number of carbonyl (C=O) groups is 4. The van der Waals surface area contributed by atoms with Gasteiger partial charge in [0.15, 0.2) is 0 Å². The Morgan fingerprint density at radius 3 is 1.46 bits per heavy atom. The first-order chi connectivity index (χ1) is 22.1. The van der Waals surface area contributed by atoms with Crippen LogP contribution in [0.2, 0.25) is 0 Å². The van der Waals surface area contributed by atoms with E-state index in [0.717, 1.165) is 16.2 Å². The van der Waals surface area contributed by atoms with Crippen molar-refractivity contribution in [3.63, 3.8) is 0 Å². The number of ether oxygens (including phenoxy) is 2. The van der Waals surface area contributed by atoms with Gasteiger partial charge in [-0.05, 0) is 93.8 Å². The summed E-state index contributed by atoms with van der Waals surface area (Å²) in [5.41, 5.74) is 11.3. The topological polar surface area (TPSA) is 185 Å². The van der Waals surface area contributed by atoms with Gasteiger partial charge in [-0.3, -0.25) is 24.4 Å². The van der Waals surface area contributed by atoms with Crippen molar-refractivity contribution in [2.24, 2.45) is 11.5 Å². The molecule has 0 atom stereocenters. The Bertz CT molecular complexity index is 2000. The molecule has 0 unspecified atom stereocenters. The number of amides is 2. The fraction of sp³-hybridized carbons (Fsp3) is 0. The number of aromatic carboxylic acids is 1. The maximum Gasteiger partial charge on any atom is 0.336 e. The van der Waals surface area contributed by atoms with Crippen molar-refractivity contribution in [1.29, 1.82) is 0 Å². The van der Waals surface area contributed by atoms with Crippen LogP contribution in [0, 0.1) is 0 Å². The van der Waals surface area contributed by atoms with Crippen LogP contribution in [0.5, 0.6) is 23.0 Å². The monoisotopic (exact) mass is 634 g/mol. The number of pyridine rings is 2. The molecule has 12 heteroatoms. The average Bonchev–Trinajstić information content (AvgIpc) is 3.04. The molecule has 0 bridgehead atoms. The van der Waals surface area contributed by atoms with Gasteiger partial charge in [0.05, 0.1) is 5.56 Å². The Hall–Kier alpha value is -6.33. The Labute approximate surface area is 266 Å². The zero-order valence-electron chi connectivity index (χ0n) is 23.7. The summed E-state index contributed by atoms with van der Waals surface area (Å²) in [5, 5.41) is 11.6. The first kappa shape index (κ1) is 31.1. The quantitative estimate of drug-likeness (QED) is 0.161. The second-order valence-electron chi connectivity index (χ2n) is 9.64. The molecule has 6 aromatic rings. The number of halogens is 1. The van der Waals surface area contributed by atoms with Crippen LogP contribution in [-0.4, -0.2) is 38.1 Å². The second kappa shape index (κ2) is 13.5. The zero-order chi connectivity index (χ0) is 32.8. The van der Waals surface area contributed by atoms with Crippen LogP contribution in [0.25, 0.3) is 21.5 Å². The lowest BCUT2D eigenvalue weighted by Gasteiger charge is -2.08. The number of primary amides is 2. The number of fused-ring (bicyclic) bond motifs is 2. The molecule has 0 aliphatic carbocycles. The highest BCUT2D eigenvalue weighted by Gasteiger charge is 2.11. The largest absolute Gasteiger partial charge is 0.478 e. The van der Waals surface area contributed by atoms with Gasteiger partial charge in [-0.2, -0.15) is 0 Å². The van der Waals surface area contributed by atoms with Crippen LogP contribution < -0.4 is 20.9 Å². The van der Waals surface area contributed by atoms with Gasteiger partial charge in [0.25, 0.3) is 17.1 Å². The van der Waals surface area contributed by atoms with Crippen molar-refractivity contribution < 1.29 is 33.8 Å². The van der Waals surface area contributed by atoms with E-state index in [1.165, 1.54) is 24.5 Å². The minimum atomic E-state index is -0.982. The lowest BCUT2D eigenvalue weighted by molar-refractivity contribution is 0.0698. The van der Waals surface area contributed by atoms with Gasteiger partial charge in [-0.25, -0.2) is 4.79 Å². The van der Waals surface area contributed by atoms with Crippen LogP contribution in [-0.2, 0) is 0 Å². The third-order valence-electron chi connectivity index (χ3n) is 6.59. The number of nitrogens with zero attached hydrogens (tertiary/aromatic N) is 2. The zero-order valence-corrected chi connectivity index (χ0v) is 24.5. The molecule has 2 aromatic heterocycles. The van der Waals surface area contributed by atoms with Gasteiger partial charge in [0.1, 0.15) is 34.4 Å². The first-order valence-electron chi connectivity index (χ1n) is 13.4. The Kier molecular flexibility index (Phi) is 9.15. The molecule has 0 spiro atoms. The molecule has 0 aliphatic heterocycles. The highest BCUT2D eigenvalue weighted by molar-refractivity contribution is 6.68. The third-order valence-corrected chi connectivity index (χ3v) is 6.79. The van der Waals surface area contributed by atoms with E-state index >= 15 is 0 Å². The van der Waals surface area contributed by atoms with E-state index in [2.05, 4.69) is 9.97 Å².